The van der Waals surface area contributed by atoms with Crippen molar-refractivity contribution < 1.29 is 0 Å². The van der Waals surface area contributed by atoms with E-state index >= 15 is 0 Å². The minimum absolute atomic E-state index is 0.338. The lowest BCUT2D eigenvalue weighted by atomic mass is 10.0. The summed E-state index contributed by atoms with van der Waals surface area (Å²) < 4.78 is 0. The smallest absolute Gasteiger partial charge is 0.0601 e. The maximum absolute atomic E-state index is 6.25. The first-order valence-electron chi connectivity index (χ1n) is 5.58. The van der Waals surface area contributed by atoms with Gasteiger partial charge in [-0.25, -0.2) is 0 Å². The lowest BCUT2D eigenvalue weighted by Crippen LogP contribution is -2.54. The summed E-state index contributed by atoms with van der Waals surface area (Å²) >= 11 is 0. The molecule has 1 aliphatic heterocycles. The molecule has 0 aromatic carbocycles. The third kappa shape index (κ3) is 2.22. The van der Waals surface area contributed by atoms with E-state index in [1.807, 2.05) is 0 Å². The molecule has 3 N–H and O–H groups in total. The summed E-state index contributed by atoms with van der Waals surface area (Å²) in [5, 5.41) is 3.36. The van der Waals surface area contributed by atoms with Crippen molar-refractivity contribution in [3.05, 3.63) is 0 Å². The molecule has 2 aliphatic rings. The van der Waals surface area contributed by atoms with E-state index in [9.17, 15) is 0 Å². The number of hydrogen-bond donors (Lipinski definition) is 2. The van der Waals surface area contributed by atoms with Gasteiger partial charge in [0.25, 0.3) is 0 Å². The van der Waals surface area contributed by atoms with E-state index in [2.05, 4.69) is 10.2 Å². The molecule has 0 bridgehead atoms. The van der Waals surface area contributed by atoms with Gasteiger partial charge in [-0.1, -0.05) is 12.8 Å². The molecule has 0 radical (unpaired) electrons. The molecular formula is C10H21N3. The van der Waals surface area contributed by atoms with Crippen molar-refractivity contribution in [3.8, 4) is 0 Å². The van der Waals surface area contributed by atoms with Crippen LogP contribution in [0.4, 0.5) is 0 Å². The molecule has 2 fully saturated rings. The zero-order valence-electron chi connectivity index (χ0n) is 8.34. The van der Waals surface area contributed by atoms with Gasteiger partial charge in [0.2, 0.25) is 0 Å². The van der Waals surface area contributed by atoms with Crippen LogP contribution >= 0.6 is 0 Å². The summed E-state index contributed by atoms with van der Waals surface area (Å²) in [7, 11) is 0. The first-order chi connectivity index (χ1) is 6.38. The van der Waals surface area contributed by atoms with Crippen LogP contribution < -0.4 is 11.1 Å². The summed E-state index contributed by atoms with van der Waals surface area (Å²) in [5.74, 6) is 0.776. The SMILES string of the molecule is NC(C1CCCC1)N1CCNCC1. The fourth-order valence-electron chi connectivity index (χ4n) is 2.58. The molecular weight excluding hydrogens is 162 g/mol. The molecule has 1 saturated heterocycles. The second-order valence-corrected chi connectivity index (χ2v) is 4.32. The summed E-state index contributed by atoms with van der Waals surface area (Å²) in [5.41, 5.74) is 6.25. The first kappa shape index (κ1) is 9.44. The molecule has 13 heavy (non-hydrogen) atoms. The van der Waals surface area contributed by atoms with Gasteiger partial charge in [-0.2, -0.15) is 0 Å². The van der Waals surface area contributed by atoms with Gasteiger partial charge in [0.15, 0.2) is 0 Å². The van der Waals surface area contributed by atoms with Crippen molar-refractivity contribution in [1.82, 2.24) is 10.2 Å². The highest BCUT2D eigenvalue weighted by atomic mass is 15.3. The van der Waals surface area contributed by atoms with E-state index in [1.165, 1.54) is 25.7 Å². The van der Waals surface area contributed by atoms with E-state index in [1.54, 1.807) is 0 Å². The topological polar surface area (TPSA) is 41.3 Å². The van der Waals surface area contributed by atoms with Gasteiger partial charge in [0.05, 0.1) is 6.17 Å². The van der Waals surface area contributed by atoms with Gasteiger partial charge < -0.3 is 11.1 Å². The van der Waals surface area contributed by atoms with Crippen molar-refractivity contribution in [2.75, 3.05) is 26.2 Å². The Bertz CT molecular complexity index is 148. The lowest BCUT2D eigenvalue weighted by molar-refractivity contribution is 0.129. The Morgan fingerprint density at radius 1 is 1.15 bits per heavy atom. The number of rotatable bonds is 2. The van der Waals surface area contributed by atoms with Gasteiger partial charge in [0, 0.05) is 26.2 Å². The molecule has 0 amide bonds. The number of piperazine rings is 1. The van der Waals surface area contributed by atoms with Crippen LogP contribution in [-0.4, -0.2) is 37.2 Å². The number of nitrogens with zero attached hydrogens (tertiary/aromatic N) is 1. The molecule has 76 valence electrons. The number of nitrogens with two attached hydrogens (primary N) is 1. The van der Waals surface area contributed by atoms with Crippen LogP contribution in [0.1, 0.15) is 25.7 Å². The van der Waals surface area contributed by atoms with E-state index in [0.717, 1.165) is 32.1 Å². The second kappa shape index (κ2) is 4.40. The number of nitrogens with one attached hydrogen (secondary N) is 1. The molecule has 0 aromatic heterocycles. The highest BCUT2D eigenvalue weighted by molar-refractivity contribution is 4.81. The maximum atomic E-state index is 6.25. The molecule has 1 heterocycles. The van der Waals surface area contributed by atoms with Gasteiger partial charge in [-0.3, -0.25) is 4.90 Å². The molecule has 3 heteroatoms. The molecule has 0 spiro atoms. The zero-order chi connectivity index (χ0) is 9.10. The summed E-state index contributed by atoms with van der Waals surface area (Å²) in [6, 6.07) is 0. The number of hydrogen-bond acceptors (Lipinski definition) is 3. The quantitative estimate of drug-likeness (QED) is 0.650. The third-order valence-electron chi connectivity index (χ3n) is 3.46. The van der Waals surface area contributed by atoms with Crippen LogP contribution in [0, 0.1) is 5.92 Å². The lowest BCUT2D eigenvalue weighted by Gasteiger charge is -2.35. The molecule has 2 rings (SSSR count). The first-order valence-corrected chi connectivity index (χ1v) is 5.58. The zero-order valence-corrected chi connectivity index (χ0v) is 8.34. The third-order valence-corrected chi connectivity index (χ3v) is 3.46. The Labute approximate surface area is 80.7 Å². The maximum Gasteiger partial charge on any atom is 0.0601 e. The Hall–Kier alpha value is -0.120. The minimum Gasteiger partial charge on any atom is -0.315 e. The Morgan fingerprint density at radius 2 is 1.77 bits per heavy atom. The van der Waals surface area contributed by atoms with Crippen molar-refractivity contribution in [3.63, 3.8) is 0 Å². The monoisotopic (exact) mass is 183 g/mol. The minimum atomic E-state index is 0.338. The average molecular weight is 183 g/mol. The summed E-state index contributed by atoms with van der Waals surface area (Å²) in [6.45, 7) is 4.50. The summed E-state index contributed by atoms with van der Waals surface area (Å²) in [6.07, 6.45) is 5.83. The molecule has 1 saturated carbocycles. The standard InChI is InChI=1S/C10H21N3/c11-10(9-3-1-2-4-9)13-7-5-12-6-8-13/h9-10,12H,1-8,11H2. The Balaban J connectivity index is 1.83. The normalized spacial score (nSPS) is 29.3. The van der Waals surface area contributed by atoms with Crippen LogP contribution in [0.25, 0.3) is 0 Å². The fraction of sp³-hybridized carbons (Fsp3) is 1.00. The highest BCUT2D eigenvalue weighted by Gasteiger charge is 2.27. The van der Waals surface area contributed by atoms with Crippen molar-refractivity contribution >= 4 is 0 Å². The van der Waals surface area contributed by atoms with Crippen molar-refractivity contribution in [2.45, 2.75) is 31.8 Å². The average Bonchev–Trinajstić information content (AvgIpc) is 2.71. The van der Waals surface area contributed by atoms with Crippen LogP contribution in [0.2, 0.25) is 0 Å². The van der Waals surface area contributed by atoms with Crippen LogP contribution in [-0.2, 0) is 0 Å². The molecule has 1 unspecified atom stereocenters. The Morgan fingerprint density at radius 3 is 2.38 bits per heavy atom. The van der Waals surface area contributed by atoms with Crippen molar-refractivity contribution in [2.24, 2.45) is 11.7 Å². The predicted octanol–water partition coefficient (Wildman–Crippen LogP) is 0.367. The molecule has 0 aromatic rings. The van der Waals surface area contributed by atoms with Crippen molar-refractivity contribution in [1.29, 1.82) is 0 Å². The van der Waals surface area contributed by atoms with Gasteiger partial charge in [-0.05, 0) is 18.8 Å². The van der Waals surface area contributed by atoms with Crippen LogP contribution in [0.3, 0.4) is 0 Å². The van der Waals surface area contributed by atoms with Gasteiger partial charge >= 0.3 is 0 Å². The predicted molar refractivity (Wildman–Crippen MR) is 54.4 cm³/mol. The van der Waals surface area contributed by atoms with E-state index < -0.39 is 0 Å². The Kier molecular flexibility index (Phi) is 3.19. The second-order valence-electron chi connectivity index (χ2n) is 4.32. The van der Waals surface area contributed by atoms with Crippen LogP contribution in [0.5, 0.6) is 0 Å². The van der Waals surface area contributed by atoms with Gasteiger partial charge in [0.1, 0.15) is 0 Å². The van der Waals surface area contributed by atoms with E-state index in [4.69, 9.17) is 5.73 Å². The molecule has 1 atom stereocenters. The van der Waals surface area contributed by atoms with E-state index in [-0.39, 0.29) is 0 Å². The van der Waals surface area contributed by atoms with Gasteiger partial charge in [-0.15, -0.1) is 0 Å². The fourth-order valence-corrected chi connectivity index (χ4v) is 2.58. The van der Waals surface area contributed by atoms with E-state index in [0.29, 0.717) is 6.17 Å². The highest BCUT2D eigenvalue weighted by Crippen LogP contribution is 2.28. The summed E-state index contributed by atoms with van der Waals surface area (Å²) in [4.78, 5) is 2.45. The largest absolute Gasteiger partial charge is 0.315 e. The molecule has 3 nitrogen and oxygen atoms in total. The molecule has 1 aliphatic carbocycles. The van der Waals surface area contributed by atoms with Crippen LogP contribution in [0.15, 0.2) is 0 Å².